The number of fused-ring (bicyclic) bond motifs is 1. The lowest BCUT2D eigenvalue weighted by Gasteiger charge is -2.31. The van der Waals surface area contributed by atoms with Crippen LogP contribution in [0.25, 0.3) is 0 Å². The van der Waals surface area contributed by atoms with E-state index in [1.165, 1.54) is 16.0 Å². The fraction of sp³-hybridized carbons (Fsp3) is 0.364. The topological polar surface area (TPSA) is 37.4 Å². The van der Waals surface area contributed by atoms with Crippen LogP contribution in [0.1, 0.15) is 31.8 Å². The maximum absolute atomic E-state index is 12.5. The molecule has 0 atom stereocenters. The van der Waals surface area contributed by atoms with Gasteiger partial charge in [0.05, 0.1) is 52.4 Å². The number of imide groups is 1. The van der Waals surface area contributed by atoms with Crippen molar-refractivity contribution in [3.05, 3.63) is 70.8 Å². The smallest absolute Gasteiger partial charge is 0.261 e. The molecule has 0 aromatic heterocycles. The number of quaternary nitrogens is 2. The van der Waals surface area contributed by atoms with Crippen LogP contribution in [0.4, 0.5) is 0 Å². The summed E-state index contributed by atoms with van der Waals surface area (Å²) in [4.78, 5) is 26.4. The first-order valence-electron chi connectivity index (χ1n) is 9.43. The highest BCUT2D eigenvalue weighted by atomic mass is 127. The van der Waals surface area contributed by atoms with E-state index in [9.17, 15) is 9.59 Å². The van der Waals surface area contributed by atoms with Crippen molar-refractivity contribution in [2.45, 2.75) is 13.1 Å². The molecule has 3 rings (SSSR count). The summed E-state index contributed by atoms with van der Waals surface area (Å²) >= 11 is 2.42. The van der Waals surface area contributed by atoms with Crippen molar-refractivity contribution < 1.29 is 16.8 Å². The van der Waals surface area contributed by atoms with Crippen molar-refractivity contribution >= 4 is 34.7 Å². The number of amides is 2. The third kappa shape index (κ3) is 4.98. The van der Waals surface area contributed by atoms with E-state index in [1.807, 2.05) is 0 Å². The Morgan fingerprint density at radius 2 is 1.25 bits per heavy atom. The molecule has 148 valence electrons. The minimum Gasteiger partial charge on any atom is -0.323 e. The van der Waals surface area contributed by atoms with Gasteiger partial charge in [-0.15, -0.1) is 0 Å². The van der Waals surface area contributed by atoms with Crippen molar-refractivity contribution in [2.75, 3.05) is 41.3 Å². The molecule has 0 aliphatic carbocycles. The second-order valence-corrected chi connectivity index (χ2v) is 11.2. The van der Waals surface area contributed by atoms with Gasteiger partial charge in [-0.25, -0.2) is 0 Å². The fourth-order valence-electron chi connectivity index (χ4n) is 3.57. The summed E-state index contributed by atoms with van der Waals surface area (Å²) in [5, 5.41) is 0. The number of carbonyl (C=O) groups excluding carboxylic acids is 2. The molecule has 2 aromatic carbocycles. The van der Waals surface area contributed by atoms with Crippen molar-refractivity contribution in [3.63, 3.8) is 0 Å². The number of rotatable bonds is 7. The zero-order chi connectivity index (χ0) is 20.5. The lowest BCUT2D eigenvalue weighted by atomic mass is 10.1. The lowest BCUT2D eigenvalue weighted by molar-refractivity contribution is -0.902. The van der Waals surface area contributed by atoms with Gasteiger partial charge >= 0.3 is 0 Å². The van der Waals surface area contributed by atoms with Crippen LogP contribution >= 0.6 is 22.9 Å². The Bertz CT molecular complexity index is 850. The minimum atomic E-state index is -0.176. The molecule has 1 aliphatic heterocycles. The van der Waals surface area contributed by atoms with Gasteiger partial charge in [0.15, 0.2) is 0 Å². The standard InChI is InChI=1S/C22H28IN3O2/c1-25(2,15-17-9-11-18(12-10-17)16-26(3,4)23)14-13-24-21(27)19-7-5-6-8-20(19)22(24)28/h5-12H,13-16H2,1-4H3/q+2. The quantitative estimate of drug-likeness (QED) is 0.257. The predicted molar refractivity (Wildman–Crippen MR) is 119 cm³/mol. The molecular weight excluding hydrogens is 465 g/mol. The van der Waals surface area contributed by atoms with Gasteiger partial charge in [0.1, 0.15) is 13.1 Å². The van der Waals surface area contributed by atoms with E-state index in [2.05, 4.69) is 75.3 Å². The maximum Gasteiger partial charge on any atom is 0.261 e. The molecule has 1 heterocycles. The van der Waals surface area contributed by atoms with Gasteiger partial charge in [0.2, 0.25) is 22.9 Å². The van der Waals surface area contributed by atoms with Gasteiger partial charge < -0.3 is 4.48 Å². The molecular formula is C22H28IN3O2+2. The summed E-state index contributed by atoms with van der Waals surface area (Å²) in [6, 6.07) is 15.8. The number of benzene rings is 2. The predicted octanol–water partition coefficient (Wildman–Crippen LogP) is 3.49. The summed E-state index contributed by atoms with van der Waals surface area (Å²) in [5.41, 5.74) is 3.62. The van der Waals surface area contributed by atoms with Crippen LogP contribution in [0, 0.1) is 0 Å². The monoisotopic (exact) mass is 493 g/mol. The van der Waals surface area contributed by atoms with Gasteiger partial charge in [-0.05, 0) is 12.1 Å². The second-order valence-electron chi connectivity index (χ2n) is 8.64. The number of nitrogens with zero attached hydrogens (tertiary/aromatic N) is 3. The fourth-order valence-corrected chi connectivity index (χ4v) is 3.96. The van der Waals surface area contributed by atoms with E-state index in [-0.39, 0.29) is 11.8 Å². The molecule has 0 bridgehead atoms. The molecule has 0 saturated carbocycles. The maximum atomic E-state index is 12.5. The third-order valence-corrected chi connectivity index (χ3v) is 5.34. The summed E-state index contributed by atoms with van der Waals surface area (Å²) in [6.07, 6.45) is 0. The van der Waals surface area contributed by atoms with Gasteiger partial charge in [-0.2, -0.15) is 0 Å². The van der Waals surface area contributed by atoms with Crippen LogP contribution in [-0.4, -0.2) is 65.2 Å². The molecule has 2 amide bonds. The van der Waals surface area contributed by atoms with E-state index in [1.54, 1.807) is 24.3 Å². The van der Waals surface area contributed by atoms with E-state index >= 15 is 0 Å². The van der Waals surface area contributed by atoms with Gasteiger partial charge in [0, 0.05) is 11.1 Å². The Labute approximate surface area is 181 Å². The Balaban J connectivity index is 1.60. The first-order valence-corrected chi connectivity index (χ1v) is 10.4. The van der Waals surface area contributed by atoms with Gasteiger partial charge in [-0.1, -0.05) is 36.4 Å². The normalized spacial score (nSPS) is 14.5. The van der Waals surface area contributed by atoms with E-state index in [0.717, 1.165) is 15.8 Å². The molecule has 0 radical (unpaired) electrons. The summed E-state index contributed by atoms with van der Waals surface area (Å²) in [7, 11) is 8.62. The average Bonchev–Trinajstić information content (AvgIpc) is 2.85. The Hall–Kier alpha value is -1.77. The van der Waals surface area contributed by atoms with Crippen molar-refractivity contribution in [1.29, 1.82) is 0 Å². The third-order valence-electron chi connectivity index (χ3n) is 5.00. The van der Waals surface area contributed by atoms with Crippen molar-refractivity contribution in [3.8, 4) is 0 Å². The number of hydrogen-bond donors (Lipinski definition) is 0. The highest BCUT2D eigenvalue weighted by Gasteiger charge is 2.36. The Morgan fingerprint density at radius 3 is 1.71 bits per heavy atom. The molecule has 0 fully saturated rings. The SMILES string of the molecule is C[N+](C)(I)Cc1ccc(C[N+](C)(C)CCN2C(=O)c3ccccc3C2=O)cc1. The number of hydrogen-bond acceptors (Lipinski definition) is 2. The average molecular weight is 493 g/mol. The largest absolute Gasteiger partial charge is 0.323 e. The van der Waals surface area contributed by atoms with Crippen LogP contribution in [0.15, 0.2) is 48.5 Å². The highest BCUT2D eigenvalue weighted by Crippen LogP contribution is 2.23. The number of halogens is 1. The summed E-state index contributed by atoms with van der Waals surface area (Å²) in [5.74, 6) is -0.353. The number of carbonyl (C=O) groups is 2. The first kappa shape index (κ1) is 21.0. The van der Waals surface area contributed by atoms with Crippen molar-refractivity contribution in [2.24, 2.45) is 0 Å². The lowest BCUT2D eigenvalue weighted by Crippen LogP contribution is -2.46. The van der Waals surface area contributed by atoms with Gasteiger partial charge in [0.25, 0.3) is 11.8 Å². The van der Waals surface area contributed by atoms with Crippen LogP contribution in [0.2, 0.25) is 0 Å². The Morgan fingerprint density at radius 1 is 0.786 bits per heavy atom. The minimum absolute atomic E-state index is 0.176. The molecule has 0 unspecified atom stereocenters. The molecule has 28 heavy (non-hydrogen) atoms. The van der Waals surface area contributed by atoms with Crippen molar-refractivity contribution in [1.82, 2.24) is 4.90 Å². The van der Waals surface area contributed by atoms with Crippen LogP contribution in [0.3, 0.4) is 0 Å². The summed E-state index contributed by atoms with van der Waals surface area (Å²) < 4.78 is 1.58. The van der Waals surface area contributed by atoms with E-state index < -0.39 is 0 Å². The van der Waals surface area contributed by atoms with Gasteiger partial charge in [-0.3, -0.25) is 17.2 Å². The Kier molecular flexibility index (Phi) is 5.93. The summed E-state index contributed by atoms with van der Waals surface area (Å²) in [6.45, 7) is 2.98. The van der Waals surface area contributed by atoms with E-state index in [4.69, 9.17) is 0 Å². The zero-order valence-corrected chi connectivity index (χ0v) is 19.1. The molecule has 2 aromatic rings. The van der Waals surface area contributed by atoms with Crippen LogP contribution < -0.4 is 0 Å². The zero-order valence-electron chi connectivity index (χ0n) is 17.0. The molecule has 0 spiro atoms. The van der Waals surface area contributed by atoms with E-state index in [0.29, 0.717) is 28.7 Å². The second kappa shape index (κ2) is 7.93. The molecule has 0 N–H and O–H groups in total. The first-order chi connectivity index (χ1) is 13.1. The number of likely N-dealkylation sites (N-methyl/N-ethyl adjacent to an activating group) is 1. The molecule has 6 heteroatoms. The van der Waals surface area contributed by atoms with Crippen LogP contribution in [0.5, 0.6) is 0 Å². The molecule has 5 nitrogen and oxygen atoms in total. The molecule has 1 aliphatic rings. The molecule has 0 saturated heterocycles. The highest BCUT2D eigenvalue weighted by molar-refractivity contribution is 14.1. The van der Waals surface area contributed by atoms with Crippen LogP contribution in [-0.2, 0) is 13.1 Å².